The van der Waals surface area contributed by atoms with E-state index >= 15 is 0 Å². The third-order valence-corrected chi connectivity index (χ3v) is 6.69. The molecule has 1 fully saturated rings. The first-order valence-electron chi connectivity index (χ1n) is 9.64. The second kappa shape index (κ2) is 6.27. The molecule has 0 aromatic rings. The van der Waals surface area contributed by atoms with Crippen molar-refractivity contribution in [2.24, 2.45) is 23.7 Å². The molecule has 0 bridgehead atoms. The van der Waals surface area contributed by atoms with Crippen LogP contribution in [0, 0.1) is 23.7 Å². The number of fused-ring (bicyclic) bond motifs is 2. The van der Waals surface area contributed by atoms with Crippen LogP contribution in [0.3, 0.4) is 0 Å². The largest absolute Gasteiger partial charge is 0.487 e. The molecular weight excluding hydrogens is 284 g/mol. The van der Waals surface area contributed by atoms with Crippen molar-refractivity contribution >= 4 is 0 Å². The van der Waals surface area contributed by atoms with Crippen molar-refractivity contribution in [2.45, 2.75) is 84.8 Å². The number of hydrogen-bond donors (Lipinski definition) is 1. The van der Waals surface area contributed by atoms with E-state index in [1.807, 2.05) is 0 Å². The van der Waals surface area contributed by atoms with Crippen molar-refractivity contribution in [1.82, 2.24) is 0 Å². The van der Waals surface area contributed by atoms with Crippen molar-refractivity contribution < 1.29 is 9.84 Å². The van der Waals surface area contributed by atoms with Gasteiger partial charge in [-0.15, -0.1) is 0 Å². The molecule has 130 valence electrons. The van der Waals surface area contributed by atoms with Gasteiger partial charge in [-0.25, -0.2) is 0 Å². The molecule has 2 aliphatic carbocycles. The number of rotatable bonds is 2. The predicted octanol–water partition coefficient (Wildman–Crippen LogP) is 5.23. The summed E-state index contributed by atoms with van der Waals surface area (Å²) in [7, 11) is 0. The number of allylic oxidation sites excluding steroid dienone is 1. The number of ether oxygens (including phenoxy) is 1. The highest BCUT2D eigenvalue weighted by atomic mass is 16.5. The molecule has 3 aliphatic rings. The van der Waals surface area contributed by atoms with E-state index < -0.39 is 0 Å². The maximum Gasteiger partial charge on any atom is 0.122 e. The van der Waals surface area contributed by atoms with Crippen LogP contribution in [0.25, 0.3) is 0 Å². The van der Waals surface area contributed by atoms with Crippen LogP contribution in [0.5, 0.6) is 0 Å². The van der Waals surface area contributed by atoms with Gasteiger partial charge in [-0.2, -0.15) is 0 Å². The summed E-state index contributed by atoms with van der Waals surface area (Å²) in [4.78, 5) is 0. The summed E-state index contributed by atoms with van der Waals surface area (Å²) in [6.45, 7) is 11.5. The van der Waals surface area contributed by atoms with Crippen LogP contribution in [0.15, 0.2) is 23.0 Å². The van der Waals surface area contributed by atoms with Gasteiger partial charge in [-0.3, -0.25) is 0 Å². The fourth-order valence-electron chi connectivity index (χ4n) is 5.12. The lowest BCUT2D eigenvalue weighted by molar-refractivity contribution is -0.0622. The maximum absolute atomic E-state index is 10.9. The van der Waals surface area contributed by atoms with E-state index in [9.17, 15) is 5.11 Å². The van der Waals surface area contributed by atoms with Gasteiger partial charge in [-0.1, -0.05) is 39.2 Å². The summed E-state index contributed by atoms with van der Waals surface area (Å²) >= 11 is 0. The Morgan fingerprint density at radius 1 is 1.22 bits per heavy atom. The molecule has 0 aromatic carbocycles. The molecule has 1 aliphatic heterocycles. The monoisotopic (exact) mass is 318 g/mol. The van der Waals surface area contributed by atoms with Crippen LogP contribution in [0.1, 0.15) is 73.1 Å². The Balaban J connectivity index is 2.01. The minimum Gasteiger partial charge on any atom is -0.487 e. The zero-order valence-electron chi connectivity index (χ0n) is 15.6. The summed E-state index contributed by atoms with van der Waals surface area (Å²) in [5.41, 5.74) is 2.44. The summed E-state index contributed by atoms with van der Waals surface area (Å²) in [5, 5.41) is 10.9. The lowest BCUT2D eigenvalue weighted by Gasteiger charge is -2.48. The highest BCUT2D eigenvalue weighted by Gasteiger charge is 2.48. The smallest absolute Gasteiger partial charge is 0.122 e. The normalized spacial score (nSPS) is 39.7. The second-order valence-corrected chi connectivity index (χ2v) is 8.78. The van der Waals surface area contributed by atoms with Crippen molar-refractivity contribution in [2.75, 3.05) is 0 Å². The van der Waals surface area contributed by atoms with Crippen molar-refractivity contribution in [3.8, 4) is 0 Å². The summed E-state index contributed by atoms with van der Waals surface area (Å²) in [6.07, 6.45) is 8.63. The van der Waals surface area contributed by atoms with Gasteiger partial charge in [0.25, 0.3) is 0 Å². The van der Waals surface area contributed by atoms with Crippen LogP contribution < -0.4 is 0 Å². The van der Waals surface area contributed by atoms with Crippen LogP contribution in [-0.4, -0.2) is 16.8 Å². The fourth-order valence-corrected chi connectivity index (χ4v) is 5.12. The zero-order chi connectivity index (χ0) is 16.8. The van der Waals surface area contributed by atoms with Crippen LogP contribution in [0.2, 0.25) is 0 Å². The molecule has 1 N–H and O–H groups in total. The number of aliphatic hydroxyl groups is 1. The van der Waals surface area contributed by atoms with Crippen molar-refractivity contribution in [3.05, 3.63) is 23.0 Å². The number of aliphatic hydroxyl groups excluding tert-OH is 1. The first-order chi connectivity index (χ1) is 10.8. The van der Waals surface area contributed by atoms with Gasteiger partial charge in [0.1, 0.15) is 11.4 Å². The molecular formula is C21H34O2. The highest BCUT2D eigenvalue weighted by molar-refractivity contribution is 5.37. The van der Waals surface area contributed by atoms with Crippen molar-refractivity contribution in [1.29, 1.82) is 0 Å². The maximum atomic E-state index is 10.9. The van der Waals surface area contributed by atoms with E-state index in [1.165, 1.54) is 30.4 Å². The Morgan fingerprint density at radius 2 is 1.96 bits per heavy atom. The lowest BCUT2D eigenvalue weighted by atomic mass is 9.67. The van der Waals surface area contributed by atoms with Gasteiger partial charge in [0.05, 0.1) is 6.10 Å². The fraction of sp³-hybridized carbons (Fsp3) is 0.810. The number of hydrogen-bond acceptors (Lipinski definition) is 2. The molecule has 5 atom stereocenters. The molecule has 0 amide bonds. The second-order valence-electron chi connectivity index (χ2n) is 8.78. The minimum atomic E-state index is -0.333. The minimum absolute atomic E-state index is 0.127. The van der Waals surface area contributed by atoms with Gasteiger partial charge in [0.2, 0.25) is 0 Å². The SMILES string of the molecule is CCCC1=CC2=C(C(O)C1)C1CC(C)C(C)CCC1C(C)(C)O2. The van der Waals surface area contributed by atoms with Gasteiger partial charge >= 0.3 is 0 Å². The average molecular weight is 319 g/mol. The molecule has 2 nitrogen and oxygen atoms in total. The Bertz CT molecular complexity index is 514. The first kappa shape index (κ1) is 17.1. The third kappa shape index (κ3) is 3.12. The van der Waals surface area contributed by atoms with E-state index in [2.05, 4.69) is 40.7 Å². The topological polar surface area (TPSA) is 29.5 Å². The Kier molecular flexibility index (Phi) is 4.66. The summed E-state index contributed by atoms with van der Waals surface area (Å²) in [6, 6.07) is 0. The molecule has 1 heterocycles. The molecule has 0 aromatic heterocycles. The van der Waals surface area contributed by atoms with Gasteiger partial charge < -0.3 is 9.84 Å². The molecule has 3 rings (SSSR count). The molecule has 23 heavy (non-hydrogen) atoms. The first-order valence-corrected chi connectivity index (χ1v) is 9.64. The van der Waals surface area contributed by atoms with Crippen molar-refractivity contribution in [3.63, 3.8) is 0 Å². The van der Waals surface area contributed by atoms with E-state index in [1.54, 1.807) is 0 Å². The quantitative estimate of drug-likeness (QED) is 0.755. The highest BCUT2D eigenvalue weighted by Crippen LogP contribution is 2.52. The van der Waals surface area contributed by atoms with E-state index in [4.69, 9.17) is 4.74 Å². The molecule has 2 heteroatoms. The van der Waals surface area contributed by atoms with Gasteiger partial charge in [0.15, 0.2) is 0 Å². The zero-order valence-corrected chi connectivity index (χ0v) is 15.6. The van der Waals surface area contributed by atoms with E-state index in [0.29, 0.717) is 11.8 Å². The summed E-state index contributed by atoms with van der Waals surface area (Å²) < 4.78 is 6.46. The summed E-state index contributed by atoms with van der Waals surface area (Å²) in [5.74, 6) is 3.51. The van der Waals surface area contributed by atoms with E-state index in [-0.39, 0.29) is 11.7 Å². The Morgan fingerprint density at radius 3 is 2.65 bits per heavy atom. The van der Waals surface area contributed by atoms with Crippen LogP contribution in [0.4, 0.5) is 0 Å². The van der Waals surface area contributed by atoms with Gasteiger partial charge in [-0.05, 0) is 63.4 Å². The molecule has 5 unspecified atom stereocenters. The molecule has 0 radical (unpaired) electrons. The third-order valence-electron chi connectivity index (χ3n) is 6.69. The standard InChI is InChI=1S/C21H34O2/c1-6-7-15-11-18(22)20-16-10-14(3)13(2)8-9-17(16)21(4,5)23-19(20)12-15/h12-14,16-18,22H,6-11H2,1-5H3. The molecule has 0 spiro atoms. The average Bonchev–Trinajstić information content (AvgIpc) is 2.58. The van der Waals surface area contributed by atoms with Crippen LogP contribution in [-0.2, 0) is 4.74 Å². The van der Waals surface area contributed by atoms with Gasteiger partial charge in [0, 0.05) is 11.5 Å². The lowest BCUT2D eigenvalue weighted by Crippen LogP contribution is -2.46. The van der Waals surface area contributed by atoms with Crippen LogP contribution >= 0.6 is 0 Å². The Hall–Kier alpha value is -0.760. The Labute approximate surface area is 142 Å². The molecule has 0 saturated heterocycles. The molecule has 1 saturated carbocycles. The van der Waals surface area contributed by atoms with E-state index in [0.717, 1.165) is 36.9 Å². The predicted molar refractivity (Wildman–Crippen MR) is 95.0 cm³/mol.